The number of fused-ring (bicyclic) bond motifs is 1. The molecular formula is C25H33N3O3S2. The fourth-order valence-electron chi connectivity index (χ4n) is 3.84. The molecule has 1 amide bonds. The van der Waals surface area contributed by atoms with Crippen molar-refractivity contribution >= 4 is 37.5 Å². The van der Waals surface area contributed by atoms with Crippen LogP contribution in [0.25, 0.3) is 10.2 Å². The second-order valence-electron chi connectivity index (χ2n) is 9.10. The maximum atomic E-state index is 13.2. The van der Waals surface area contributed by atoms with Crippen LogP contribution in [0.2, 0.25) is 0 Å². The Bertz CT molecular complexity index is 1290. The van der Waals surface area contributed by atoms with Crippen molar-refractivity contribution in [3.63, 3.8) is 0 Å². The second kappa shape index (κ2) is 10.3. The number of hydrogen-bond donors (Lipinski definition) is 0. The highest BCUT2D eigenvalue weighted by Gasteiger charge is 2.26. The van der Waals surface area contributed by atoms with Gasteiger partial charge < -0.3 is 4.57 Å². The minimum absolute atomic E-state index is 0.196. The van der Waals surface area contributed by atoms with Crippen molar-refractivity contribution in [3.05, 3.63) is 58.4 Å². The molecule has 0 saturated carbocycles. The fourth-order valence-corrected chi connectivity index (χ4v) is 6.78. The molecule has 0 aliphatic carbocycles. The van der Waals surface area contributed by atoms with Gasteiger partial charge in [0.05, 0.1) is 15.1 Å². The van der Waals surface area contributed by atoms with Gasteiger partial charge in [-0.05, 0) is 61.6 Å². The molecular weight excluding hydrogens is 454 g/mol. The summed E-state index contributed by atoms with van der Waals surface area (Å²) in [5.41, 5.74) is 2.60. The molecule has 0 unspecified atom stereocenters. The molecule has 0 aliphatic heterocycles. The Morgan fingerprint density at radius 3 is 2.18 bits per heavy atom. The molecule has 0 fully saturated rings. The zero-order valence-electron chi connectivity index (χ0n) is 20.2. The van der Waals surface area contributed by atoms with Gasteiger partial charge in [0, 0.05) is 25.2 Å². The van der Waals surface area contributed by atoms with E-state index < -0.39 is 10.0 Å². The average molecular weight is 488 g/mol. The number of nitrogens with zero attached hydrogens (tertiary/aromatic N) is 3. The summed E-state index contributed by atoms with van der Waals surface area (Å²) in [7, 11) is -3.64. The minimum Gasteiger partial charge on any atom is -0.316 e. The lowest BCUT2D eigenvalue weighted by Crippen LogP contribution is -2.37. The monoisotopic (exact) mass is 487 g/mol. The molecule has 1 heterocycles. The van der Waals surface area contributed by atoms with Crippen LogP contribution in [0.15, 0.2) is 52.4 Å². The van der Waals surface area contributed by atoms with Crippen molar-refractivity contribution in [2.24, 2.45) is 16.8 Å². The van der Waals surface area contributed by atoms with E-state index >= 15 is 0 Å². The van der Waals surface area contributed by atoms with Crippen LogP contribution in [0.3, 0.4) is 0 Å². The first-order valence-electron chi connectivity index (χ1n) is 11.3. The highest BCUT2D eigenvalue weighted by atomic mass is 32.2. The highest BCUT2D eigenvalue weighted by Crippen LogP contribution is 2.22. The molecule has 1 aromatic heterocycles. The van der Waals surface area contributed by atoms with Crippen LogP contribution in [0.1, 0.15) is 50.5 Å². The Hall–Kier alpha value is -2.29. The third-order valence-corrected chi connectivity index (χ3v) is 8.18. The third-order valence-electron chi connectivity index (χ3n) is 5.29. The topological polar surface area (TPSA) is 71.7 Å². The van der Waals surface area contributed by atoms with Crippen molar-refractivity contribution < 1.29 is 13.2 Å². The van der Waals surface area contributed by atoms with E-state index in [2.05, 4.69) is 4.99 Å². The Labute approximate surface area is 200 Å². The largest absolute Gasteiger partial charge is 0.316 e. The van der Waals surface area contributed by atoms with E-state index in [0.29, 0.717) is 30.0 Å². The number of carbonyl (C=O) groups excluding carboxylic acids is 1. The van der Waals surface area contributed by atoms with Crippen LogP contribution in [0, 0.1) is 18.8 Å². The Morgan fingerprint density at radius 1 is 1.03 bits per heavy atom. The van der Waals surface area contributed by atoms with Crippen LogP contribution in [0.5, 0.6) is 0 Å². The number of amides is 1. The van der Waals surface area contributed by atoms with E-state index in [1.807, 2.05) is 64.3 Å². The van der Waals surface area contributed by atoms with Gasteiger partial charge in [0.1, 0.15) is 0 Å². The molecule has 178 valence electrons. The fraction of sp³-hybridized carbons (Fsp3) is 0.440. The number of rotatable bonds is 8. The SMILES string of the molecule is CCn1c(=NC(=O)c2ccc(S(=O)(=O)N(CC(C)C)CC(C)C)cc2)sc2cccc(C)c21. The van der Waals surface area contributed by atoms with Crippen LogP contribution >= 0.6 is 11.3 Å². The van der Waals surface area contributed by atoms with Crippen LogP contribution in [-0.4, -0.2) is 36.3 Å². The van der Waals surface area contributed by atoms with Gasteiger partial charge in [-0.3, -0.25) is 4.79 Å². The lowest BCUT2D eigenvalue weighted by atomic mass is 10.2. The predicted molar refractivity (Wildman–Crippen MR) is 135 cm³/mol. The summed E-state index contributed by atoms with van der Waals surface area (Å²) in [6.45, 7) is 13.7. The lowest BCUT2D eigenvalue weighted by Gasteiger charge is -2.25. The molecule has 0 atom stereocenters. The molecule has 3 aromatic rings. The summed E-state index contributed by atoms with van der Waals surface area (Å²) in [6, 6.07) is 12.2. The van der Waals surface area contributed by atoms with E-state index in [-0.39, 0.29) is 22.6 Å². The number of aromatic nitrogens is 1. The van der Waals surface area contributed by atoms with E-state index in [4.69, 9.17) is 0 Å². The summed E-state index contributed by atoms with van der Waals surface area (Å²) in [6.07, 6.45) is 0. The first-order chi connectivity index (χ1) is 15.5. The van der Waals surface area contributed by atoms with E-state index in [1.54, 1.807) is 12.1 Å². The quantitative estimate of drug-likeness (QED) is 0.445. The van der Waals surface area contributed by atoms with Gasteiger partial charge in [-0.2, -0.15) is 9.30 Å². The molecule has 0 bridgehead atoms. The van der Waals surface area contributed by atoms with Crippen molar-refractivity contribution in [2.45, 2.75) is 53.0 Å². The summed E-state index contributed by atoms with van der Waals surface area (Å²) >= 11 is 1.48. The van der Waals surface area contributed by atoms with Gasteiger partial charge >= 0.3 is 0 Å². The van der Waals surface area contributed by atoms with Gasteiger partial charge in [-0.1, -0.05) is 51.2 Å². The minimum atomic E-state index is -3.64. The molecule has 0 N–H and O–H groups in total. The highest BCUT2D eigenvalue weighted by molar-refractivity contribution is 7.89. The smallest absolute Gasteiger partial charge is 0.279 e. The maximum Gasteiger partial charge on any atom is 0.279 e. The zero-order valence-corrected chi connectivity index (χ0v) is 21.8. The first kappa shape index (κ1) is 25.3. The van der Waals surface area contributed by atoms with Gasteiger partial charge in [-0.25, -0.2) is 8.42 Å². The molecule has 0 aliphatic rings. The molecule has 3 rings (SSSR count). The molecule has 6 nitrogen and oxygen atoms in total. The summed E-state index contributed by atoms with van der Waals surface area (Å²) in [4.78, 5) is 18.1. The second-order valence-corrected chi connectivity index (χ2v) is 12.0. The molecule has 0 saturated heterocycles. The average Bonchev–Trinajstić information content (AvgIpc) is 3.11. The molecule has 2 aromatic carbocycles. The number of thiazole rings is 1. The normalized spacial score (nSPS) is 13.1. The summed E-state index contributed by atoms with van der Waals surface area (Å²) in [5, 5.41) is 0. The third kappa shape index (κ3) is 5.62. The number of para-hydroxylation sites is 1. The van der Waals surface area contributed by atoms with E-state index in [9.17, 15) is 13.2 Å². The molecule has 0 radical (unpaired) electrons. The Balaban J connectivity index is 1.94. The van der Waals surface area contributed by atoms with Crippen LogP contribution in [0.4, 0.5) is 0 Å². The van der Waals surface area contributed by atoms with Gasteiger partial charge in [0.15, 0.2) is 4.80 Å². The van der Waals surface area contributed by atoms with Crippen molar-refractivity contribution in [2.75, 3.05) is 13.1 Å². The maximum absolute atomic E-state index is 13.2. The standard InChI is InChI=1S/C25H33N3O3S2/c1-7-28-23-19(6)9-8-10-22(23)32-25(28)26-24(29)20-11-13-21(14-12-20)33(30,31)27(15-17(2)3)16-18(4)5/h8-14,17-18H,7,15-16H2,1-6H3. The van der Waals surface area contributed by atoms with E-state index in [0.717, 1.165) is 15.8 Å². The van der Waals surface area contributed by atoms with Crippen molar-refractivity contribution in [1.82, 2.24) is 8.87 Å². The molecule has 33 heavy (non-hydrogen) atoms. The van der Waals surface area contributed by atoms with Gasteiger partial charge in [0.2, 0.25) is 10.0 Å². The van der Waals surface area contributed by atoms with Crippen molar-refractivity contribution in [1.29, 1.82) is 0 Å². The number of benzene rings is 2. The Morgan fingerprint density at radius 2 is 1.64 bits per heavy atom. The number of sulfonamides is 1. The first-order valence-corrected chi connectivity index (χ1v) is 13.6. The van der Waals surface area contributed by atoms with Gasteiger partial charge in [0.25, 0.3) is 5.91 Å². The zero-order chi connectivity index (χ0) is 24.3. The number of aryl methyl sites for hydroxylation is 2. The predicted octanol–water partition coefficient (Wildman–Crippen LogP) is 5.07. The van der Waals surface area contributed by atoms with E-state index in [1.165, 1.54) is 27.8 Å². The molecule has 0 spiro atoms. The van der Waals surface area contributed by atoms with Crippen LogP contribution in [-0.2, 0) is 16.6 Å². The molecule has 8 heteroatoms. The summed E-state index contributed by atoms with van der Waals surface area (Å²) < 4.78 is 31.1. The summed E-state index contributed by atoms with van der Waals surface area (Å²) in [5.74, 6) is 0.0494. The van der Waals surface area contributed by atoms with Crippen LogP contribution < -0.4 is 4.80 Å². The number of hydrogen-bond acceptors (Lipinski definition) is 4. The van der Waals surface area contributed by atoms with Crippen molar-refractivity contribution in [3.8, 4) is 0 Å². The van der Waals surface area contributed by atoms with Gasteiger partial charge in [-0.15, -0.1) is 0 Å². The number of carbonyl (C=O) groups is 1. The lowest BCUT2D eigenvalue weighted by molar-refractivity contribution is 0.0997. The Kier molecular flexibility index (Phi) is 7.92.